The average molecular weight is 311 g/mol. The van der Waals surface area contributed by atoms with E-state index in [0.717, 1.165) is 6.20 Å². The number of halogens is 2. The van der Waals surface area contributed by atoms with Crippen molar-refractivity contribution in [3.05, 3.63) is 39.9 Å². The van der Waals surface area contributed by atoms with Gasteiger partial charge in [0.15, 0.2) is 11.6 Å². The number of hydrogen-bond donors (Lipinski definition) is 1. The molecule has 9 heteroatoms. The van der Waals surface area contributed by atoms with E-state index in [2.05, 4.69) is 20.2 Å². The molecule has 0 unspecified atom stereocenters. The molecule has 0 aliphatic carbocycles. The zero-order chi connectivity index (χ0) is 14.8. The van der Waals surface area contributed by atoms with Crippen LogP contribution in [0.3, 0.4) is 0 Å². The van der Waals surface area contributed by atoms with Gasteiger partial charge in [0.2, 0.25) is 0 Å². The molecule has 0 atom stereocenters. The van der Waals surface area contributed by atoms with Crippen LogP contribution in [0.2, 0.25) is 5.02 Å². The minimum atomic E-state index is -0.443. The van der Waals surface area contributed by atoms with Gasteiger partial charge >= 0.3 is 0 Å². The smallest absolute Gasteiger partial charge is 0.285 e. The molecule has 0 aromatic carbocycles. The number of aromatic amines is 1. The molecule has 21 heavy (non-hydrogen) atoms. The van der Waals surface area contributed by atoms with Gasteiger partial charge in [-0.05, 0) is 0 Å². The summed E-state index contributed by atoms with van der Waals surface area (Å²) in [5.41, 5.74) is 0.168. The summed E-state index contributed by atoms with van der Waals surface area (Å²) in [4.78, 5) is 22.8. The molecule has 1 aliphatic rings. The van der Waals surface area contributed by atoms with Gasteiger partial charge in [0, 0.05) is 26.2 Å². The molecule has 0 amide bonds. The Kier molecular flexibility index (Phi) is 3.70. The summed E-state index contributed by atoms with van der Waals surface area (Å²) in [6.45, 7) is 2.32. The molecule has 2 aromatic rings. The lowest BCUT2D eigenvalue weighted by atomic mass is 10.3. The molecule has 2 aromatic heterocycles. The van der Waals surface area contributed by atoms with Crippen molar-refractivity contribution in [2.45, 2.75) is 0 Å². The minimum Gasteiger partial charge on any atom is -0.365 e. The first-order chi connectivity index (χ1) is 10.2. The minimum absolute atomic E-state index is 0.117. The molecule has 0 saturated carbocycles. The number of hydrogen-bond acceptors (Lipinski definition) is 6. The second kappa shape index (κ2) is 5.65. The largest absolute Gasteiger partial charge is 0.365 e. The lowest BCUT2D eigenvalue weighted by molar-refractivity contribution is 0.582. The molecular formula is C12H12ClFN6O. The van der Waals surface area contributed by atoms with Crippen LogP contribution in [0.5, 0.6) is 0 Å². The fourth-order valence-corrected chi connectivity index (χ4v) is 2.50. The van der Waals surface area contributed by atoms with Gasteiger partial charge < -0.3 is 9.80 Å². The van der Waals surface area contributed by atoms with Crippen molar-refractivity contribution in [2.24, 2.45) is 0 Å². The lowest BCUT2D eigenvalue weighted by Gasteiger charge is -2.36. The SMILES string of the molecule is O=c1[nH]ncc(N2CCN(c3ncncc3F)CC2)c1Cl. The van der Waals surface area contributed by atoms with Gasteiger partial charge in [-0.15, -0.1) is 0 Å². The Labute approximate surface area is 124 Å². The maximum absolute atomic E-state index is 13.7. The maximum Gasteiger partial charge on any atom is 0.285 e. The van der Waals surface area contributed by atoms with Gasteiger partial charge in [0.1, 0.15) is 11.3 Å². The molecule has 1 N–H and O–H groups in total. The maximum atomic E-state index is 13.7. The molecule has 0 bridgehead atoms. The first-order valence-corrected chi connectivity index (χ1v) is 6.73. The monoisotopic (exact) mass is 310 g/mol. The predicted octanol–water partition coefficient (Wildman–Crippen LogP) is 0.679. The third kappa shape index (κ3) is 2.66. The van der Waals surface area contributed by atoms with Crippen LogP contribution in [0.25, 0.3) is 0 Å². The van der Waals surface area contributed by atoms with Gasteiger partial charge in [-0.1, -0.05) is 11.6 Å². The quantitative estimate of drug-likeness (QED) is 0.879. The highest BCUT2D eigenvalue weighted by Crippen LogP contribution is 2.23. The molecule has 1 aliphatic heterocycles. The second-order valence-corrected chi connectivity index (χ2v) is 4.94. The van der Waals surface area contributed by atoms with E-state index >= 15 is 0 Å². The number of aromatic nitrogens is 4. The highest BCUT2D eigenvalue weighted by molar-refractivity contribution is 6.33. The van der Waals surface area contributed by atoms with Crippen molar-refractivity contribution in [1.29, 1.82) is 0 Å². The van der Waals surface area contributed by atoms with Crippen LogP contribution in [0.4, 0.5) is 15.9 Å². The molecule has 1 saturated heterocycles. The summed E-state index contributed by atoms with van der Waals surface area (Å²) in [6, 6.07) is 0. The van der Waals surface area contributed by atoms with Gasteiger partial charge in [-0.2, -0.15) is 5.10 Å². The van der Waals surface area contributed by atoms with Crippen LogP contribution in [-0.2, 0) is 0 Å². The Morgan fingerprint density at radius 1 is 1.19 bits per heavy atom. The van der Waals surface area contributed by atoms with Crippen molar-refractivity contribution in [2.75, 3.05) is 36.0 Å². The van der Waals surface area contributed by atoms with E-state index in [0.29, 0.717) is 37.7 Å². The summed E-state index contributed by atoms with van der Waals surface area (Å²) in [7, 11) is 0. The van der Waals surface area contributed by atoms with Gasteiger partial charge in [0.25, 0.3) is 5.56 Å². The van der Waals surface area contributed by atoms with Crippen LogP contribution in [0, 0.1) is 5.82 Å². The average Bonchev–Trinajstić information content (AvgIpc) is 2.51. The molecular weight excluding hydrogens is 299 g/mol. The zero-order valence-corrected chi connectivity index (χ0v) is 11.7. The van der Waals surface area contributed by atoms with Crippen molar-refractivity contribution < 1.29 is 4.39 Å². The summed E-state index contributed by atoms with van der Waals surface area (Å²) in [5.74, 6) is -0.151. The van der Waals surface area contributed by atoms with Crippen LogP contribution < -0.4 is 15.4 Å². The van der Waals surface area contributed by atoms with E-state index in [1.807, 2.05) is 9.80 Å². The van der Waals surface area contributed by atoms with E-state index in [1.54, 1.807) is 0 Å². The lowest BCUT2D eigenvalue weighted by Crippen LogP contribution is -2.47. The Hall–Kier alpha value is -2.22. The Balaban J connectivity index is 1.75. The highest BCUT2D eigenvalue weighted by atomic mass is 35.5. The molecule has 3 rings (SSSR count). The Morgan fingerprint density at radius 3 is 2.62 bits per heavy atom. The van der Waals surface area contributed by atoms with Crippen LogP contribution >= 0.6 is 11.6 Å². The van der Waals surface area contributed by atoms with Crippen molar-refractivity contribution >= 4 is 23.1 Å². The fourth-order valence-electron chi connectivity index (χ4n) is 2.29. The first-order valence-electron chi connectivity index (χ1n) is 6.35. The predicted molar refractivity (Wildman–Crippen MR) is 76.3 cm³/mol. The number of H-pyrrole nitrogens is 1. The number of piperazine rings is 1. The van der Waals surface area contributed by atoms with Gasteiger partial charge in [0.05, 0.1) is 18.1 Å². The van der Waals surface area contributed by atoms with E-state index in [9.17, 15) is 9.18 Å². The molecule has 7 nitrogen and oxygen atoms in total. The summed E-state index contributed by atoms with van der Waals surface area (Å²) in [6.07, 6.45) is 3.99. The number of nitrogens with one attached hydrogen (secondary N) is 1. The van der Waals surface area contributed by atoms with Crippen molar-refractivity contribution in [3.8, 4) is 0 Å². The third-order valence-corrected chi connectivity index (χ3v) is 3.71. The summed E-state index contributed by atoms with van der Waals surface area (Å²) < 4.78 is 13.7. The Bertz CT molecular complexity index is 700. The molecule has 110 valence electrons. The molecule has 1 fully saturated rings. The van der Waals surface area contributed by atoms with Crippen molar-refractivity contribution in [1.82, 2.24) is 20.2 Å². The normalized spacial score (nSPS) is 15.3. The van der Waals surface area contributed by atoms with E-state index in [1.165, 1.54) is 12.5 Å². The zero-order valence-electron chi connectivity index (χ0n) is 11.0. The highest BCUT2D eigenvalue weighted by Gasteiger charge is 2.22. The topological polar surface area (TPSA) is 78.0 Å². The van der Waals surface area contributed by atoms with Crippen LogP contribution in [0.15, 0.2) is 23.5 Å². The standard InChI is InChI=1S/C12H12ClFN6O/c13-10-9(6-17-18-12(10)21)19-1-3-20(4-2-19)11-8(14)5-15-7-16-11/h5-7H,1-4H2,(H,18,21). The molecule has 0 spiro atoms. The molecule has 3 heterocycles. The number of anilines is 2. The third-order valence-electron chi connectivity index (χ3n) is 3.35. The van der Waals surface area contributed by atoms with Crippen LogP contribution in [-0.4, -0.2) is 46.3 Å². The fraction of sp³-hybridized carbons (Fsp3) is 0.333. The molecule has 0 radical (unpaired) electrons. The van der Waals surface area contributed by atoms with Crippen molar-refractivity contribution in [3.63, 3.8) is 0 Å². The van der Waals surface area contributed by atoms with Gasteiger partial charge in [-0.25, -0.2) is 19.5 Å². The van der Waals surface area contributed by atoms with Gasteiger partial charge in [-0.3, -0.25) is 4.79 Å². The number of nitrogens with zero attached hydrogens (tertiary/aromatic N) is 5. The Morgan fingerprint density at radius 2 is 1.90 bits per heavy atom. The summed E-state index contributed by atoms with van der Waals surface area (Å²) >= 11 is 5.99. The number of rotatable bonds is 2. The van der Waals surface area contributed by atoms with E-state index < -0.39 is 11.4 Å². The van der Waals surface area contributed by atoms with E-state index in [4.69, 9.17) is 11.6 Å². The second-order valence-electron chi connectivity index (χ2n) is 4.57. The first kappa shape index (κ1) is 13.7. The summed E-state index contributed by atoms with van der Waals surface area (Å²) in [5, 5.41) is 6.15. The van der Waals surface area contributed by atoms with E-state index in [-0.39, 0.29) is 5.02 Å². The van der Waals surface area contributed by atoms with Crippen LogP contribution in [0.1, 0.15) is 0 Å².